The first kappa shape index (κ1) is 16.1. The Balaban J connectivity index is 2.89. The zero-order valence-electron chi connectivity index (χ0n) is 11.3. The van der Waals surface area contributed by atoms with Crippen molar-refractivity contribution in [2.45, 2.75) is 45.1 Å². The maximum absolute atomic E-state index is 12.8. The maximum atomic E-state index is 12.8. The van der Waals surface area contributed by atoms with E-state index in [0.29, 0.717) is 0 Å². The topological polar surface area (TPSA) is 81.4 Å². The largest absolute Gasteiger partial charge is 0.481 e. The summed E-state index contributed by atoms with van der Waals surface area (Å²) in [5.41, 5.74) is -0.890. The van der Waals surface area contributed by atoms with Crippen molar-refractivity contribution in [2.24, 2.45) is 0 Å². The number of carboxylic acid groups (broad SMARTS) is 1. The van der Waals surface area contributed by atoms with Gasteiger partial charge in [-0.25, -0.2) is 23.1 Å². The second kappa shape index (κ2) is 5.98. The van der Waals surface area contributed by atoms with Crippen LogP contribution in [0.3, 0.4) is 0 Å². The van der Waals surface area contributed by atoms with Crippen LogP contribution in [0.4, 0.5) is 13.6 Å². The van der Waals surface area contributed by atoms with Gasteiger partial charge in [-0.15, -0.1) is 0 Å². The fraction of sp³-hybridized carbons (Fsp3) is 0.583. The van der Waals surface area contributed by atoms with Crippen LogP contribution in [-0.2, 0) is 9.53 Å². The first-order valence-electron chi connectivity index (χ1n) is 5.87. The number of rotatable bonds is 4. The van der Waals surface area contributed by atoms with Gasteiger partial charge in [-0.3, -0.25) is 4.79 Å². The number of ether oxygens (including phenoxy) is 1. The lowest BCUT2D eigenvalue weighted by molar-refractivity contribution is -0.138. The molecule has 0 spiro atoms. The third-order valence-electron chi connectivity index (χ3n) is 2.29. The summed E-state index contributed by atoms with van der Waals surface area (Å²) in [5.74, 6) is -2.92. The van der Waals surface area contributed by atoms with Crippen LogP contribution >= 0.6 is 0 Å². The van der Waals surface area contributed by atoms with E-state index >= 15 is 0 Å². The number of alkyl halides is 2. The van der Waals surface area contributed by atoms with Gasteiger partial charge in [0, 0.05) is 6.20 Å². The van der Waals surface area contributed by atoms with Crippen LogP contribution in [0.25, 0.3) is 0 Å². The normalized spacial score (nSPS) is 13.3. The fourth-order valence-electron chi connectivity index (χ4n) is 1.45. The van der Waals surface area contributed by atoms with E-state index < -0.39 is 36.4 Å². The van der Waals surface area contributed by atoms with Gasteiger partial charge >= 0.3 is 12.1 Å². The van der Waals surface area contributed by atoms with Crippen molar-refractivity contribution in [3.8, 4) is 0 Å². The number of hydrogen-bond acceptors (Lipinski definition) is 4. The van der Waals surface area contributed by atoms with Crippen molar-refractivity contribution < 1.29 is 28.2 Å². The first-order chi connectivity index (χ1) is 9.10. The monoisotopic (exact) mass is 290 g/mol. The third-order valence-corrected chi connectivity index (χ3v) is 2.29. The number of carbonyl (C=O) groups is 2. The molecule has 1 atom stereocenters. The molecule has 0 aliphatic heterocycles. The van der Waals surface area contributed by atoms with Crippen LogP contribution in [-0.4, -0.2) is 38.7 Å². The van der Waals surface area contributed by atoms with E-state index in [9.17, 15) is 18.4 Å². The summed E-state index contributed by atoms with van der Waals surface area (Å²) in [5, 5.41) is 8.60. The first-order valence-corrected chi connectivity index (χ1v) is 5.87. The molecule has 0 aromatic carbocycles. The predicted octanol–water partition coefficient (Wildman–Crippen LogP) is 2.49. The highest BCUT2D eigenvalue weighted by molar-refractivity contribution is 5.71. The molecule has 1 unspecified atom stereocenters. The van der Waals surface area contributed by atoms with Crippen LogP contribution < -0.4 is 0 Å². The third kappa shape index (κ3) is 4.60. The zero-order chi connectivity index (χ0) is 15.5. The van der Waals surface area contributed by atoms with Crippen molar-refractivity contribution in [1.29, 1.82) is 0 Å². The lowest BCUT2D eigenvalue weighted by Gasteiger charge is -2.19. The number of halogens is 2. The highest BCUT2D eigenvalue weighted by atomic mass is 19.3. The highest BCUT2D eigenvalue weighted by Crippen LogP contribution is 2.25. The number of imidazole rings is 1. The fourth-order valence-corrected chi connectivity index (χ4v) is 1.45. The maximum Gasteiger partial charge on any atom is 0.419 e. The molecular formula is C12H16F2N2O4. The molecule has 0 aliphatic carbocycles. The minimum atomic E-state index is -2.88. The number of carbonyl (C=O) groups excluding carboxylic acids is 1. The van der Waals surface area contributed by atoms with E-state index in [-0.39, 0.29) is 5.69 Å². The Bertz CT molecular complexity index is 494. The van der Waals surface area contributed by atoms with Crippen molar-refractivity contribution in [2.75, 3.05) is 0 Å². The SMILES string of the molecule is CC(C)(C)OC(=O)n1cnc(C(CC(=O)O)C(F)F)c1. The summed E-state index contributed by atoms with van der Waals surface area (Å²) in [6.45, 7) is 4.99. The molecule has 20 heavy (non-hydrogen) atoms. The Hall–Kier alpha value is -1.99. The van der Waals surface area contributed by atoms with E-state index in [4.69, 9.17) is 9.84 Å². The van der Waals surface area contributed by atoms with Gasteiger partial charge in [-0.2, -0.15) is 0 Å². The van der Waals surface area contributed by atoms with Gasteiger partial charge in [0.15, 0.2) is 0 Å². The molecule has 1 heterocycles. The van der Waals surface area contributed by atoms with Crippen molar-refractivity contribution in [3.63, 3.8) is 0 Å². The van der Waals surface area contributed by atoms with E-state index in [1.165, 1.54) is 0 Å². The minimum Gasteiger partial charge on any atom is -0.481 e. The number of aromatic nitrogens is 2. The summed E-state index contributed by atoms with van der Waals surface area (Å²) in [7, 11) is 0. The van der Waals surface area contributed by atoms with Crippen LogP contribution in [0, 0.1) is 0 Å². The van der Waals surface area contributed by atoms with Gasteiger partial charge in [0.1, 0.15) is 11.9 Å². The van der Waals surface area contributed by atoms with Crippen molar-refractivity contribution in [1.82, 2.24) is 9.55 Å². The van der Waals surface area contributed by atoms with E-state index in [1.807, 2.05) is 0 Å². The van der Waals surface area contributed by atoms with Crippen LogP contribution in [0.15, 0.2) is 12.5 Å². The standard InChI is InChI=1S/C12H16F2N2O4/c1-12(2,3)20-11(19)16-5-8(15-6-16)7(10(13)14)4-9(17)18/h5-7,10H,4H2,1-3H3,(H,17,18). The summed E-state index contributed by atoms with van der Waals surface area (Å²) < 4.78 is 31.5. The van der Waals surface area contributed by atoms with Gasteiger partial charge < -0.3 is 9.84 Å². The van der Waals surface area contributed by atoms with Crippen LogP contribution in [0.1, 0.15) is 38.8 Å². The quantitative estimate of drug-likeness (QED) is 0.921. The highest BCUT2D eigenvalue weighted by Gasteiger charge is 2.28. The summed E-state index contributed by atoms with van der Waals surface area (Å²) in [6.07, 6.45) is -2.31. The number of hydrogen-bond donors (Lipinski definition) is 1. The molecule has 0 saturated carbocycles. The van der Waals surface area contributed by atoms with E-state index in [1.54, 1.807) is 20.8 Å². The second-order valence-corrected chi connectivity index (χ2v) is 5.22. The average molecular weight is 290 g/mol. The Morgan fingerprint density at radius 2 is 2.05 bits per heavy atom. The smallest absolute Gasteiger partial charge is 0.419 e. The van der Waals surface area contributed by atoms with Gasteiger partial charge in [0.25, 0.3) is 0 Å². The molecule has 0 fully saturated rings. The molecule has 0 aliphatic rings. The predicted molar refractivity (Wildman–Crippen MR) is 64.9 cm³/mol. The molecule has 1 aromatic rings. The molecule has 0 radical (unpaired) electrons. The van der Waals surface area contributed by atoms with E-state index in [2.05, 4.69) is 4.98 Å². The molecular weight excluding hydrogens is 274 g/mol. The molecule has 1 N–H and O–H groups in total. The van der Waals surface area contributed by atoms with E-state index in [0.717, 1.165) is 17.1 Å². The Morgan fingerprint density at radius 3 is 2.50 bits per heavy atom. The van der Waals surface area contributed by atoms with Crippen molar-refractivity contribution >= 4 is 12.1 Å². The molecule has 1 aromatic heterocycles. The second-order valence-electron chi connectivity index (χ2n) is 5.22. The molecule has 6 nitrogen and oxygen atoms in total. The van der Waals surface area contributed by atoms with Gasteiger partial charge in [0.2, 0.25) is 6.43 Å². The molecule has 0 saturated heterocycles. The molecule has 1 rings (SSSR count). The minimum absolute atomic E-state index is 0.159. The zero-order valence-corrected chi connectivity index (χ0v) is 11.3. The van der Waals surface area contributed by atoms with Crippen molar-refractivity contribution in [3.05, 3.63) is 18.2 Å². The lowest BCUT2D eigenvalue weighted by atomic mass is 10.0. The Labute approximate surface area is 114 Å². The number of nitrogens with zero attached hydrogens (tertiary/aromatic N) is 2. The average Bonchev–Trinajstić information content (AvgIpc) is 2.71. The summed E-state index contributed by atoms with van der Waals surface area (Å²) in [4.78, 5) is 25.9. The Kier molecular flexibility index (Phi) is 4.80. The molecule has 8 heteroatoms. The summed E-state index contributed by atoms with van der Waals surface area (Å²) in [6, 6.07) is 0. The van der Waals surface area contributed by atoms with Gasteiger partial charge in [-0.05, 0) is 20.8 Å². The Morgan fingerprint density at radius 1 is 1.45 bits per heavy atom. The van der Waals surface area contributed by atoms with Crippen LogP contribution in [0.2, 0.25) is 0 Å². The number of carboxylic acids is 1. The van der Waals surface area contributed by atoms with Gasteiger partial charge in [0.05, 0.1) is 18.0 Å². The number of aliphatic carboxylic acids is 1. The lowest BCUT2D eigenvalue weighted by Crippen LogP contribution is -2.26. The molecule has 0 amide bonds. The molecule has 112 valence electrons. The van der Waals surface area contributed by atoms with Crippen LogP contribution in [0.5, 0.6) is 0 Å². The molecule has 0 bridgehead atoms. The van der Waals surface area contributed by atoms with Gasteiger partial charge in [-0.1, -0.05) is 0 Å². The summed E-state index contributed by atoms with van der Waals surface area (Å²) >= 11 is 0.